The van der Waals surface area contributed by atoms with E-state index in [2.05, 4.69) is 10.6 Å². The van der Waals surface area contributed by atoms with Crippen LogP contribution in [0.4, 0.5) is 0 Å². The predicted octanol–water partition coefficient (Wildman–Crippen LogP) is -0.357. The van der Waals surface area contributed by atoms with E-state index in [1.165, 1.54) is 0 Å². The van der Waals surface area contributed by atoms with Gasteiger partial charge >= 0.3 is 0 Å². The molecule has 0 saturated heterocycles. The third-order valence-corrected chi connectivity index (χ3v) is 7.23. The molecule has 2 N–H and O–H groups in total. The number of rotatable bonds is 6. The molecule has 0 aliphatic heterocycles. The van der Waals surface area contributed by atoms with Crippen LogP contribution in [0.3, 0.4) is 0 Å². The third kappa shape index (κ3) is 5.32. The highest BCUT2D eigenvalue weighted by Gasteiger charge is 2.37. The number of hydrogen-bond donors (Lipinski definition) is 2. The van der Waals surface area contributed by atoms with Gasteiger partial charge in [-0.05, 0) is 38.5 Å². The molecule has 0 bridgehead atoms. The fourth-order valence-corrected chi connectivity index (χ4v) is 5.51. The van der Waals surface area contributed by atoms with Gasteiger partial charge in [0, 0.05) is 47.7 Å². The van der Waals surface area contributed by atoms with Crippen LogP contribution in [-0.4, -0.2) is 35.8 Å². The van der Waals surface area contributed by atoms with Gasteiger partial charge in [-0.15, -0.1) is 0 Å². The van der Waals surface area contributed by atoms with Crippen LogP contribution in [0.25, 0.3) is 0 Å². The quantitative estimate of drug-likeness (QED) is 0.602. The van der Waals surface area contributed by atoms with Gasteiger partial charge in [-0.1, -0.05) is 38.5 Å². The number of hydrogen-bond acceptors (Lipinski definition) is 6. The maximum atomic E-state index is 12.9. The summed E-state index contributed by atoms with van der Waals surface area (Å²) in [5, 5.41) is 28.8. The summed E-state index contributed by atoms with van der Waals surface area (Å²) < 4.78 is 0. The Kier molecular flexibility index (Phi) is 7.72. The Morgan fingerprint density at radius 1 is 0.500 bits per heavy atom. The highest BCUT2D eigenvalue weighted by atomic mass is 16.4. The number of carboxylic acids is 2. The van der Waals surface area contributed by atoms with Crippen molar-refractivity contribution in [2.75, 3.05) is 0 Å². The van der Waals surface area contributed by atoms with E-state index in [1.54, 1.807) is 0 Å². The van der Waals surface area contributed by atoms with E-state index in [0.29, 0.717) is 38.5 Å². The summed E-state index contributed by atoms with van der Waals surface area (Å²) in [4.78, 5) is 48.6. The largest absolute Gasteiger partial charge is 0.550 e. The summed E-state index contributed by atoms with van der Waals surface area (Å²) in [5.41, 5.74) is 0. The fraction of sp³-hybridized carbons (Fsp3) is 0.818. The maximum Gasteiger partial charge on any atom is 0.224 e. The van der Waals surface area contributed by atoms with E-state index in [1.807, 2.05) is 0 Å². The van der Waals surface area contributed by atoms with Crippen LogP contribution in [0.1, 0.15) is 77.0 Å². The SMILES string of the molecule is O=C([O-])[C@H]1CCCC[C@H]1C(=O)N[C@H]1CCCC[C@@H]1NC(=O)[C@H]1CCCC[C@H]1C(=O)[O-]. The van der Waals surface area contributed by atoms with Crippen molar-refractivity contribution < 1.29 is 29.4 Å². The number of aliphatic carboxylic acids is 2. The summed E-state index contributed by atoms with van der Waals surface area (Å²) in [6.07, 6.45) is 8.41. The first-order valence-corrected chi connectivity index (χ1v) is 11.4. The highest BCUT2D eigenvalue weighted by Crippen LogP contribution is 2.32. The zero-order valence-corrected chi connectivity index (χ0v) is 17.4. The van der Waals surface area contributed by atoms with Gasteiger partial charge in [0.2, 0.25) is 11.8 Å². The van der Waals surface area contributed by atoms with Crippen LogP contribution in [0, 0.1) is 23.7 Å². The lowest BCUT2D eigenvalue weighted by Gasteiger charge is -2.38. The van der Waals surface area contributed by atoms with E-state index < -0.39 is 35.6 Å². The Labute approximate surface area is 177 Å². The average molecular weight is 421 g/mol. The Morgan fingerprint density at radius 2 is 0.800 bits per heavy atom. The van der Waals surface area contributed by atoms with Gasteiger partial charge in [-0.2, -0.15) is 0 Å². The lowest BCUT2D eigenvalue weighted by atomic mass is 9.77. The van der Waals surface area contributed by atoms with Crippen LogP contribution in [-0.2, 0) is 19.2 Å². The molecule has 3 rings (SSSR count). The Morgan fingerprint density at radius 3 is 1.13 bits per heavy atom. The predicted molar refractivity (Wildman–Crippen MR) is 103 cm³/mol. The van der Waals surface area contributed by atoms with Gasteiger partial charge in [0.1, 0.15) is 0 Å². The number of nitrogens with one attached hydrogen (secondary N) is 2. The van der Waals surface area contributed by atoms with E-state index >= 15 is 0 Å². The lowest BCUT2D eigenvalue weighted by Crippen LogP contribution is -2.57. The van der Waals surface area contributed by atoms with Crippen molar-refractivity contribution in [1.29, 1.82) is 0 Å². The molecular weight excluding hydrogens is 388 g/mol. The van der Waals surface area contributed by atoms with E-state index in [0.717, 1.165) is 38.5 Å². The highest BCUT2D eigenvalue weighted by molar-refractivity contribution is 5.86. The van der Waals surface area contributed by atoms with Crippen LogP contribution in [0.15, 0.2) is 0 Å². The minimum atomic E-state index is -1.17. The summed E-state index contributed by atoms with van der Waals surface area (Å²) in [6.45, 7) is 0. The molecule has 6 atom stereocenters. The van der Waals surface area contributed by atoms with Gasteiger partial charge in [0.25, 0.3) is 0 Å². The van der Waals surface area contributed by atoms with Gasteiger partial charge in [-0.3, -0.25) is 9.59 Å². The summed E-state index contributed by atoms with van der Waals surface area (Å²) in [6, 6.07) is -0.547. The van der Waals surface area contributed by atoms with E-state index in [9.17, 15) is 29.4 Å². The maximum absolute atomic E-state index is 12.9. The van der Waals surface area contributed by atoms with Crippen molar-refractivity contribution in [2.24, 2.45) is 23.7 Å². The van der Waals surface area contributed by atoms with Gasteiger partial charge in [0.15, 0.2) is 0 Å². The second-order valence-corrected chi connectivity index (χ2v) is 9.15. The molecule has 2 amide bonds. The molecule has 30 heavy (non-hydrogen) atoms. The van der Waals surface area contributed by atoms with Crippen LogP contribution in [0.5, 0.6) is 0 Å². The van der Waals surface area contributed by atoms with Crippen molar-refractivity contribution in [3.8, 4) is 0 Å². The number of carbonyl (C=O) groups excluding carboxylic acids is 4. The van der Waals surface area contributed by atoms with Crippen molar-refractivity contribution in [3.63, 3.8) is 0 Å². The number of carbonyl (C=O) groups is 4. The second-order valence-electron chi connectivity index (χ2n) is 9.15. The smallest absolute Gasteiger partial charge is 0.224 e. The molecule has 168 valence electrons. The number of carboxylic acid groups (broad SMARTS) is 2. The van der Waals surface area contributed by atoms with Gasteiger partial charge < -0.3 is 30.4 Å². The second kappa shape index (κ2) is 10.3. The third-order valence-electron chi connectivity index (χ3n) is 7.23. The minimum Gasteiger partial charge on any atom is -0.550 e. The molecule has 8 nitrogen and oxygen atoms in total. The fourth-order valence-electron chi connectivity index (χ4n) is 5.51. The van der Waals surface area contributed by atoms with Crippen molar-refractivity contribution in [3.05, 3.63) is 0 Å². The minimum absolute atomic E-state index is 0.274. The topological polar surface area (TPSA) is 138 Å². The van der Waals surface area contributed by atoms with Gasteiger partial charge in [0.05, 0.1) is 0 Å². The zero-order chi connectivity index (χ0) is 21.7. The summed E-state index contributed by atoms with van der Waals surface area (Å²) in [7, 11) is 0. The molecule has 0 spiro atoms. The normalized spacial score (nSPS) is 34.5. The van der Waals surface area contributed by atoms with Crippen LogP contribution < -0.4 is 20.8 Å². The molecule has 0 heterocycles. The molecule has 3 aliphatic rings. The zero-order valence-electron chi connectivity index (χ0n) is 17.4. The molecule has 3 fully saturated rings. The van der Waals surface area contributed by atoms with Crippen LogP contribution in [0.2, 0.25) is 0 Å². The van der Waals surface area contributed by atoms with Crippen molar-refractivity contribution >= 4 is 23.8 Å². The van der Waals surface area contributed by atoms with E-state index in [-0.39, 0.29) is 23.9 Å². The molecule has 0 radical (unpaired) electrons. The first-order chi connectivity index (χ1) is 14.4. The molecule has 0 aromatic carbocycles. The molecule has 3 saturated carbocycles. The molecule has 3 aliphatic carbocycles. The van der Waals surface area contributed by atoms with Gasteiger partial charge in [-0.25, -0.2) is 0 Å². The molecule has 0 aromatic heterocycles. The van der Waals surface area contributed by atoms with Crippen LogP contribution >= 0.6 is 0 Å². The lowest BCUT2D eigenvalue weighted by molar-refractivity contribution is -0.315. The molecule has 0 aromatic rings. The Bertz CT molecular complexity index is 610. The van der Waals surface area contributed by atoms with Crippen molar-refractivity contribution in [2.45, 2.75) is 89.1 Å². The first-order valence-electron chi connectivity index (χ1n) is 11.4. The molecule has 8 heteroatoms. The average Bonchev–Trinajstić information content (AvgIpc) is 2.75. The number of amides is 2. The monoisotopic (exact) mass is 420 g/mol. The summed E-state index contributed by atoms with van der Waals surface area (Å²) in [5.74, 6) is -5.61. The van der Waals surface area contributed by atoms with E-state index in [4.69, 9.17) is 0 Å². The molecule has 0 unspecified atom stereocenters. The Balaban J connectivity index is 1.63. The standard InChI is InChI=1S/C22H34N2O6/c25-19(13-7-1-3-9-15(13)21(27)28)23-17-11-5-6-12-18(17)24-20(26)14-8-2-4-10-16(14)22(29)30/h13-18H,1-12H2,(H,23,25)(H,24,26)(H,27,28)(H,29,30)/p-2/t13-,14+,15+,16-,17-,18-/m0/s1. The Hall–Kier alpha value is -2.12. The van der Waals surface area contributed by atoms with Crippen molar-refractivity contribution in [1.82, 2.24) is 10.6 Å². The first kappa shape index (κ1) is 22.6. The summed E-state index contributed by atoms with van der Waals surface area (Å²) >= 11 is 0. The molecular formula is C22H32N2O6-2.